The van der Waals surface area contributed by atoms with E-state index in [2.05, 4.69) is 38.6 Å². The van der Waals surface area contributed by atoms with Gasteiger partial charge in [0.25, 0.3) is 0 Å². The third-order valence-corrected chi connectivity index (χ3v) is 5.30. The monoisotopic (exact) mass is 390 g/mol. The molecular formula is C23H26N4O2. The molecule has 0 saturated carbocycles. The van der Waals surface area contributed by atoms with Gasteiger partial charge in [-0.05, 0) is 24.5 Å². The van der Waals surface area contributed by atoms with Gasteiger partial charge in [-0.25, -0.2) is 0 Å². The minimum Gasteiger partial charge on any atom is -0.496 e. The molecule has 150 valence electrons. The van der Waals surface area contributed by atoms with Gasteiger partial charge in [0.1, 0.15) is 5.75 Å². The first-order chi connectivity index (χ1) is 14.2. The first-order valence-corrected chi connectivity index (χ1v) is 10.00. The Balaban J connectivity index is 1.37. The first kappa shape index (κ1) is 19.1. The lowest BCUT2D eigenvalue weighted by Crippen LogP contribution is -2.48. The van der Waals surface area contributed by atoms with E-state index >= 15 is 0 Å². The Hall–Kier alpha value is -3.28. The molecule has 0 aliphatic carbocycles. The molecule has 1 aromatic heterocycles. The number of H-pyrrole nitrogens is 1. The Morgan fingerprint density at radius 2 is 2.00 bits per heavy atom. The number of nitrogens with zero attached hydrogens (tertiary/aromatic N) is 2. The van der Waals surface area contributed by atoms with Crippen LogP contribution in [0.3, 0.4) is 0 Å². The fourth-order valence-corrected chi connectivity index (χ4v) is 3.84. The average molecular weight is 390 g/mol. The van der Waals surface area contributed by atoms with Gasteiger partial charge in [-0.1, -0.05) is 48.5 Å². The van der Waals surface area contributed by atoms with Crippen LogP contribution in [0.4, 0.5) is 5.82 Å². The lowest BCUT2D eigenvalue weighted by molar-refractivity contribution is -0.121. The van der Waals surface area contributed by atoms with Gasteiger partial charge in [0.05, 0.1) is 19.2 Å². The number of benzene rings is 2. The Morgan fingerprint density at radius 3 is 2.83 bits per heavy atom. The van der Waals surface area contributed by atoms with Crippen LogP contribution in [0.25, 0.3) is 11.3 Å². The van der Waals surface area contributed by atoms with Crippen LogP contribution in [0, 0.1) is 0 Å². The van der Waals surface area contributed by atoms with Gasteiger partial charge in [0.15, 0.2) is 5.82 Å². The van der Waals surface area contributed by atoms with Crippen LogP contribution >= 0.6 is 0 Å². The third-order valence-electron chi connectivity index (χ3n) is 5.30. The van der Waals surface area contributed by atoms with Gasteiger partial charge in [0.2, 0.25) is 5.91 Å². The summed E-state index contributed by atoms with van der Waals surface area (Å²) in [6, 6.07) is 20.0. The number of aromatic amines is 1. The highest BCUT2D eigenvalue weighted by atomic mass is 16.5. The number of rotatable bonds is 6. The highest BCUT2D eigenvalue weighted by molar-refractivity contribution is 5.79. The molecule has 4 rings (SSSR count). The van der Waals surface area contributed by atoms with Gasteiger partial charge in [-0.3, -0.25) is 9.89 Å². The molecular weight excluding hydrogens is 364 g/mol. The van der Waals surface area contributed by atoms with E-state index in [4.69, 9.17) is 4.74 Å². The zero-order valence-corrected chi connectivity index (χ0v) is 16.6. The van der Waals surface area contributed by atoms with Crippen LogP contribution in [0.15, 0.2) is 60.7 Å². The molecule has 2 N–H and O–H groups in total. The number of carbonyl (C=O) groups excluding carboxylic acids is 1. The zero-order valence-electron chi connectivity index (χ0n) is 16.6. The highest BCUT2D eigenvalue weighted by Gasteiger charge is 2.23. The van der Waals surface area contributed by atoms with Crippen molar-refractivity contribution in [3.05, 3.63) is 66.2 Å². The molecule has 0 radical (unpaired) electrons. The Kier molecular flexibility index (Phi) is 5.79. The van der Waals surface area contributed by atoms with E-state index in [1.807, 2.05) is 42.5 Å². The maximum absolute atomic E-state index is 12.6. The number of hydrogen-bond donors (Lipinski definition) is 2. The van der Waals surface area contributed by atoms with Crippen molar-refractivity contribution in [3.8, 4) is 17.0 Å². The van der Waals surface area contributed by atoms with E-state index in [-0.39, 0.29) is 11.9 Å². The van der Waals surface area contributed by atoms with E-state index in [0.717, 1.165) is 54.3 Å². The molecule has 1 aliphatic rings. The summed E-state index contributed by atoms with van der Waals surface area (Å²) in [5.41, 5.74) is 3.02. The molecule has 1 aliphatic heterocycles. The van der Waals surface area contributed by atoms with E-state index in [9.17, 15) is 4.79 Å². The van der Waals surface area contributed by atoms with Crippen molar-refractivity contribution in [2.75, 3.05) is 25.1 Å². The number of aromatic nitrogens is 2. The van der Waals surface area contributed by atoms with Crippen LogP contribution in [-0.2, 0) is 11.2 Å². The number of amides is 1. The summed E-state index contributed by atoms with van der Waals surface area (Å²) in [5, 5.41) is 10.8. The highest BCUT2D eigenvalue weighted by Crippen LogP contribution is 2.24. The zero-order chi connectivity index (χ0) is 20.1. The van der Waals surface area contributed by atoms with E-state index < -0.39 is 0 Å². The molecule has 3 aromatic rings. The largest absolute Gasteiger partial charge is 0.496 e. The lowest BCUT2D eigenvalue weighted by atomic mass is 10.0. The maximum Gasteiger partial charge on any atom is 0.224 e. The van der Waals surface area contributed by atoms with E-state index in [0.29, 0.717) is 6.42 Å². The lowest BCUT2D eigenvalue weighted by Gasteiger charge is -2.33. The third kappa shape index (κ3) is 4.59. The molecule has 2 aromatic carbocycles. The summed E-state index contributed by atoms with van der Waals surface area (Å²) in [6.07, 6.45) is 2.32. The van der Waals surface area contributed by atoms with Crippen LogP contribution in [0.2, 0.25) is 0 Å². The number of hydrogen-bond acceptors (Lipinski definition) is 4. The molecule has 0 spiro atoms. The number of para-hydroxylation sites is 1. The maximum atomic E-state index is 12.6. The van der Waals surface area contributed by atoms with Gasteiger partial charge in [0, 0.05) is 30.8 Å². The number of ether oxygens (including phenoxy) is 1. The molecule has 1 amide bonds. The summed E-state index contributed by atoms with van der Waals surface area (Å²) in [6.45, 7) is 1.70. The van der Waals surface area contributed by atoms with Crippen molar-refractivity contribution in [1.82, 2.24) is 15.5 Å². The summed E-state index contributed by atoms with van der Waals surface area (Å²) in [7, 11) is 1.63. The Bertz CT molecular complexity index is 954. The van der Waals surface area contributed by atoms with E-state index in [1.165, 1.54) is 0 Å². The van der Waals surface area contributed by atoms with Crippen LogP contribution in [0.5, 0.6) is 5.75 Å². The molecule has 6 nitrogen and oxygen atoms in total. The minimum absolute atomic E-state index is 0.0216. The standard InChI is InChI=1S/C23H26N4O2/c1-29-21-12-6-5-10-18(21)14-23(28)24-19-11-7-13-27(16-19)22-15-20(25-26-22)17-8-3-2-4-9-17/h2-6,8-10,12,15,19H,7,11,13-14,16H2,1H3,(H,24,28)(H,25,26). The quantitative estimate of drug-likeness (QED) is 0.677. The number of anilines is 1. The fourth-order valence-electron chi connectivity index (χ4n) is 3.84. The van der Waals surface area contributed by atoms with Crippen molar-refractivity contribution < 1.29 is 9.53 Å². The van der Waals surface area contributed by atoms with Gasteiger partial charge >= 0.3 is 0 Å². The normalized spacial score (nSPS) is 16.4. The molecule has 6 heteroatoms. The SMILES string of the molecule is COc1ccccc1CC(=O)NC1CCCN(c2cc(-c3ccccc3)[nH]n2)C1. The second-order valence-corrected chi connectivity index (χ2v) is 7.35. The van der Waals surface area contributed by atoms with Gasteiger partial charge in [-0.2, -0.15) is 5.10 Å². The number of carbonyl (C=O) groups is 1. The van der Waals surface area contributed by atoms with Crippen molar-refractivity contribution in [2.45, 2.75) is 25.3 Å². The first-order valence-electron chi connectivity index (χ1n) is 10.00. The van der Waals surface area contributed by atoms with E-state index in [1.54, 1.807) is 7.11 Å². The molecule has 29 heavy (non-hydrogen) atoms. The van der Waals surface area contributed by atoms with Crippen LogP contribution in [-0.4, -0.2) is 42.3 Å². The number of piperidine rings is 1. The average Bonchev–Trinajstić information content (AvgIpc) is 3.25. The topological polar surface area (TPSA) is 70.2 Å². The van der Waals surface area contributed by atoms with Gasteiger partial charge in [-0.15, -0.1) is 0 Å². The summed E-state index contributed by atoms with van der Waals surface area (Å²) in [5.74, 6) is 1.69. The summed E-state index contributed by atoms with van der Waals surface area (Å²) in [4.78, 5) is 14.8. The van der Waals surface area contributed by atoms with Crippen molar-refractivity contribution in [3.63, 3.8) is 0 Å². The van der Waals surface area contributed by atoms with Gasteiger partial charge < -0.3 is 15.0 Å². The van der Waals surface area contributed by atoms with Crippen LogP contribution in [0.1, 0.15) is 18.4 Å². The molecule has 1 fully saturated rings. The summed E-state index contributed by atoms with van der Waals surface area (Å²) >= 11 is 0. The van der Waals surface area contributed by atoms with Crippen molar-refractivity contribution >= 4 is 11.7 Å². The predicted molar refractivity (Wildman–Crippen MR) is 114 cm³/mol. The van der Waals surface area contributed by atoms with Crippen molar-refractivity contribution in [1.29, 1.82) is 0 Å². The number of nitrogens with one attached hydrogen (secondary N) is 2. The smallest absolute Gasteiger partial charge is 0.224 e. The predicted octanol–water partition coefficient (Wildman–Crippen LogP) is 3.41. The Morgan fingerprint density at radius 1 is 1.21 bits per heavy atom. The number of methoxy groups -OCH3 is 1. The second-order valence-electron chi connectivity index (χ2n) is 7.35. The molecule has 0 bridgehead atoms. The second kappa shape index (κ2) is 8.82. The molecule has 1 atom stereocenters. The Labute approximate surface area is 170 Å². The van der Waals surface area contributed by atoms with Crippen molar-refractivity contribution in [2.24, 2.45) is 0 Å². The molecule has 1 unspecified atom stereocenters. The van der Waals surface area contributed by atoms with Crippen LogP contribution < -0.4 is 15.0 Å². The molecule has 1 saturated heterocycles. The fraction of sp³-hybridized carbons (Fsp3) is 0.304. The minimum atomic E-state index is 0.0216. The molecule has 2 heterocycles. The summed E-state index contributed by atoms with van der Waals surface area (Å²) < 4.78 is 5.35.